The van der Waals surface area contributed by atoms with Crippen LogP contribution in [0.5, 0.6) is 0 Å². The number of nitrogens with one attached hydrogen (secondary N) is 1. The summed E-state index contributed by atoms with van der Waals surface area (Å²) in [6.45, 7) is 4.91. The standard InChI is InChI=1S/C15H17FN2O3/c1-9(2)15(3,14(20)21)7-13(19)18-12-6-4-5-11(16)10(12)8-17/h4-6,9H,7H2,1-3H3,(H,18,19)(H,20,21). The Balaban J connectivity index is 2.96. The molecule has 0 bridgehead atoms. The lowest BCUT2D eigenvalue weighted by Gasteiger charge is -2.28. The predicted octanol–water partition coefficient (Wildman–Crippen LogP) is 2.77. The number of amides is 1. The van der Waals surface area contributed by atoms with Gasteiger partial charge in [0.15, 0.2) is 0 Å². The first kappa shape index (κ1) is 16.6. The topological polar surface area (TPSA) is 90.2 Å². The lowest BCUT2D eigenvalue weighted by Crippen LogP contribution is -2.37. The molecule has 2 N–H and O–H groups in total. The number of nitrogens with zero attached hydrogens (tertiary/aromatic N) is 1. The van der Waals surface area contributed by atoms with Crippen LogP contribution in [0.1, 0.15) is 32.8 Å². The smallest absolute Gasteiger partial charge is 0.310 e. The summed E-state index contributed by atoms with van der Waals surface area (Å²) in [5, 5.41) is 20.6. The van der Waals surface area contributed by atoms with Gasteiger partial charge >= 0.3 is 5.97 Å². The number of benzene rings is 1. The van der Waals surface area contributed by atoms with Crippen molar-refractivity contribution in [3.05, 3.63) is 29.6 Å². The van der Waals surface area contributed by atoms with Gasteiger partial charge in [-0.25, -0.2) is 4.39 Å². The van der Waals surface area contributed by atoms with Crippen LogP contribution in [0.15, 0.2) is 18.2 Å². The molecule has 1 atom stereocenters. The lowest BCUT2D eigenvalue weighted by molar-refractivity contribution is -0.153. The van der Waals surface area contributed by atoms with Crippen LogP contribution in [0.4, 0.5) is 10.1 Å². The summed E-state index contributed by atoms with van der Waals surface area (Å²) < 4.78 is 13.4. The van der Waals surface area contributed by atoms with Crippen LogP contribution < -0.4 is 5.32 Å². The van der Waals surface area contributed by atoms with Crippen molar-refractivity contribution in [2.24, 2.45) is 11.3 Å². The Hall–Kier alpha value is -2.42. The number of hydrogen-bond acceptors (Lipinski definition) is 3. The molecule has 0 aromatic heterocycles. The summed E-state index contributed by atoms with van der Waals surface area (Å²) in [5.41, 5.74) is -1.46. The average Bonchev–Trinajstić information content (AvgIpc) is 2.38. The number of anilines is 1. The number of carboxylic acids is 1. The van der Waals surface area contributed by atoms with E-state index in [2.05, 4.69) is 5.32 Å². The summed E-state index contributed by atoms with van der Waals surface area (Å²) in [4.78, 5) is 23.3. The molecule has 0 spiro atoms. The van der Waals surface area contributed by atoms with E-state index in [0.717, 1.165) is 6.07 Å². The molecule has 0 radical (unpaired) electrons. The van der Waals surface area contributed by atoms with E-state index >= 15 is 0 Å². The normalized spacial score (nSPS) is 13.3. The molecule has 5 nitrogen and oxygen atoms in total. The molecule has 0 aliphatic carbocycles. The van der Waals surface area contributed by atoms with Gasteiger partial charge in [0.2, 0.25) is 5.91 Å². The molecule has 6 heteroatoms. The summed E-state index contributed by atoms with van der Waals surface area (Å²) in [7, 11) is 0. The van der Waals surface area contributed by atoms with E-state index in [1.54, 1.807) is 19.9 Å². The third kappa shape index (κ3) is 3.57. The number of aliphatic carboxylic acids is 1. The van der Waals surface area contributed by atoms with Gasteiger partial charge in [-0.15, -0.1) is 0 Å². The molecular formula is C15H17FN2O3. The van der Waals surface area contributed by atoms with Gasteiger partial charge in [-0.3, -0.25) is 9.59 Å². The molecule has 0 aliphatic heterocycles. The van der Waals surface area contributed by atoms with E-state index in [-0.39, 0.29) is 23.6 Å². The van der Waals surface area contributed by atoms with Crippen molar-refractivity contribution in [1.29, 1.82) is 5.26 Å². The molecule has 1 aromatic rings. The first-order valence-electron chi connectivity index (χ1n) is 6.44. The van der Waals surface area contributed by atoms with Crippen LogP contribution in [0.2, 0.25) is 0 Å². The third-order valence-corrected chi connectivity index (χ3v) is 3.69. The van der Waals surface area contributed by atoms with E-state index in [1.165, 1.54) is 19.1 Å². The summed E-state index contributed by atoms with van der Waals surface area (Å²) in [6.07, 6.45) is -0.263. The zero-order valence-corrected chi connectivity index (χ0v) is 12.1. The summed E-state index contributed by atoms with van der Waals surface area (Å²) in [5.74, 6) is -2.65. The SMILES string of the molecule is CC(C)C(C)(CC(=O)Nc1cccc(F)c1C#N)C(=O)O. The molecule has 0 saturated heterocycles. The van der Waals surface area contributed by atoms with Crippen LogP contribution in [0.3, 0.4) is 0 Å². The van der Waals surface area contributed by atoms with Crippen molar-refractivity contribution >= 4 is 17.6 Å². The zero-order valence-electron chi connectivity index (χ0n) is 12.1. The Bertz CT molecular complexity index is 607. The second-order valence-electron chi connectivity index (χ2n) is 5.38. The third-order valence-electron chi connectivity index (χ3n) is 3.69. The Labute approximate surface area is 122 Å². The minimum atomic E-state index is -1.23. The number of carbonyl (C=O) groups is 2. The van der Waals surface area contributed by atoms with Crippen LogP contribution in [0.25, 0.3) is 0 Å². The van der Waals surface area contributed by atoms with Crippen molar-refractivity contribution in [2.75, 3.05) is 5.32 Å². The van der Waals surface area contributed by atoms with Gasteiger partial charge in [0.25, 0.3) is 0 Å². The Morgan fingerprint density at radius 1 is 1.48 bits per heavy atom. The van der Waals surface area contributed by atoms with Crippen molar-refractivity contribution < 1.29 is 19.1 Å². The first-order chi connectivity index (χ1) is 9.72. The molecule has 21 heavy (non-hydrogen) atoms. The van der Waals surface area contributed by atoms with Crippen LogP contribution in [-0.4, -0.2) is 17.0 Å². The number of halogens is 1. The molecule has 1 unspecified atom stereocenters. The molecule has 1 amide bonds. The number of rotatable bonds is 5. The maximum atomic E-state index is 13.4. The van der Waals surface area contributed by atoms with Gasteiger partial charge in [0.1, 0.15) is 17.4 Å². The van der Waals surface area contributed by atoms with E-state index < -0.39 is 23.1 Å². The predicted molar refractivity (Wildman–Crippen MR) is 74.9 cm³/mol. The van der Waals surface area contributed by atoms with Gasteiger partial charge in [-0.05, 0) is 25.0 Å². The Morgan fingerprint density at radius 3 is 2.57 bits per heavy atom. The second-order valence-corrected chi connectivity index (χ2v) is 5.38. The molecule has 0 fully saturated rings. The Kier molecular flexibility index (Phi) is 5.03. The quantitative estimate of drug-likeness (QED) is 0.873. The molecule has 0 heterocycles. The molecule has 1 rings (SSSR count). The number of carboxylic acid groups (broad SMARTS) is 1. The van der Waals surface area contributed by atoms with Crippen molar-refractivity contribution in [1.82, 2.24) is 0 Å². The van der Waals surface area contributed by atoms with Gasteiger partial charge in [-0.2, -0.15) is 5.26 Å². The number of carbonyl (C=O) groups excluding carboxylic acids is 1. The number of hydrogen-bond donors (Lipinski definition) is 2. The maximum Gasteiger partial charge on any atom is 0.310 e. The second kappa shape index (κ2) is 6.35. The van der Waals surface area contributed by atoms with E-state index in [1.807, 2.05) is 0 Å². The van der Waals surface area contributed by atoms with Crippen LogP contribution >= 0.6 is 0 Å². The fourth-order valence-corrected chi connectivity index (χ4v) is 1.80. The fourth-order valence-electron chi connectivity index (χ4n) is 1.80. The highest BCUT2D eigenvalue weighted by Crippen LogP contribution is 2.32. The molecular weight excluding hydrogens is 275 g/mol. The highest BCUT2D eigenvalue weighted by atomic mass is 19.1. The lowest BCUT2D eigenvalue weighted by atomic mass is 9.76. The van der Waals surface area contributed by atoms with Gasteiger partial charge in [-0.1, -0.05) is 19.9 Å². The molecule has 1 aromatic carbocycles. The summed E-state index contributed by atoms with van der Waals surface area (Å²) >= 11 is 0. The Morgan fingerprint density at radius 2 is 2.10 bits per heavy atom. The van der Waals surface area contributed by atoms with Gasteiger partial charge in [0, 0.05) is 6.42 Å². The molecule has 0 saturated carbocycles. The summed E-state index contributed by atoms with van der Waals surface area (Å²) in [6, 6.07) is 5.55. The van der Waals surface area contributed by atoms with Gasteiger partial charge < -0.3 is 10.4 Å². The largest absolute Gasteiger partial charge is 0.481 e. The monoisotopic (exact) mass is 292 g/mol. The molecule has 0 aliphatic rings. The van der Waals surface area contributed by atoms with E-state index in [4.69, 9.17) is 5.26 Å². The molecule has 112 valence electrons. The first-order valence-corrected chi connectivity index (χ1v) is 6.44. The van der Waals surface area contributed by atoms with Crippen LogP contribution in [-0.2, 0) is 9.59 Å². The number of nitriles is 1. The van der Waals surface area contributed by atoms with E-state index in [9.17, 15) is 19.1 Å². The minimum absolute atomic E-state index is 0.0407. The van der Waals surface area contributed by atoms with Crippen molar-refractivity contribution in [3.63, 3.8) is 0 Å². The highest BCUT2D eigenvalue weighted by molar-refractivity contribution is 5.95. The van der Waals surface area contributed by atoms with Crippen LogP contribution in [0, 0.1) is 28.5 Å². The van der Waals surface area contributed by atoms with Crippen molar-refractivity contribution in [3.8, 4) is 6.07 Å². The van der Waals surface area contributed by atoms with Gasteiger partial charge in [0.05, 0.1) is 11.1 Å². The maximum absolute atomic E-state index is 13.4. The highest BCUT2D eigenvalue weighted by Gasteiger charge is 2.38. The van der Waals surface area contributed by atoms with E-state index in [0.29, 0.717) is 0 Å². The zero-order chi connectivity index (χ0) is 16.2. The van der Waals surface area contributed by atoms with Crippen molar-refractivity contribution in [2.45, 2.75) is 27.2 Å². The average molecular weight is 292 g/mol. The minimum Gasteiger partial charge on any atom is -0.481 e. The fraction of sp³-hybridized carbons (Fsp3) is 0.400.